The molecule has 0 amide bonds. The van der Waals surface area contributed by atoms with E-state index in [4.69, 9.17) is 9.10 Å². The Balaban J connectivity index is 2.17. The Hall–Kier alpha value is -2.26. The van der Waals surface area contributed by atoms with E-state index in [0.29, 0.717) is 17.0 Å². The van der Waals surface area contributed by atoms with Gasteiger partial charge in [-0.3, -0.25) is 0 Å². The van der Waals surface area contributed by atoms with Crippen LogP contribution in [0.1, 0.15) is 9.68 Å². The molecule has 0 saturated heterocycles. The molecule has 23 heavy (non-hydrogen) atoms. The summed E-state index contributed by atoms with van der Waals surface area (Å²) in [5.74, 6) is 0.638. The Labute approximate surface area is 143 Å². The molecule has 116 valence electrons. The third kappa shape index (κ3) is 3.40. The van der Waals surface area contributed by atoms with Gasteiger partial charge in [-0.05, 0) is 35.7 Å². The van der Waals surface area contributed by atoms with E-state index in [1.165, 1.54) is 0 Å². The van der Waals surface area contributed by atoms with Crippen LogP contribution in [0.2, 0.25) is 19.6 Å². The Morgan fingerprint density at radius 2 is 1.70 bits per heavy atom. The molecule has 0 spiro atoms. The Morgan fingerprint density at radius 3 is 2.39 bits per heavy atom. The molecule has 0 radical (unpaired) electrons. The third-order valence-corrected chi connectivity index (χ3v) is 5.60. The van der Waals surface area contributed by atoms with Crippen molar-refractivity contribution >= 4 is 13.4 Å². The minimum Gasteiger partial charge on any atom is -0.238 e. The van der Waals surface area contributed by atoms with Gasteiger partial charge in [-0.1, -0.05) is 62.1 Å². The Kier molecular flexibility index (Phi) is 3.23. The van der Waals surface area contributed by atoms with Gasteiger partial charge in [0.05, 0.1) is 0 Å². The molecule has 0 N–H and O–H groups in total. The molecular formula is C20H22N2Si. The van der Waals surface area contributed by atoms with Crippen LogP contribution in [0.25, 0.3) is 22.5 Å². The van der Waals surface area contributed by atoms with Crippen molar-refractivity contribution in [3.8, 4) is 22.5 Å². The van der Waals surface area contributed by atoms with E-state index < -0.39 is 14.9 Å². The summed E-state index contributed by atoms with van der Waals surface area (Å²) in [6.45, 7) is 4.55. The molecule has 2 aromatic carbocycles. The van der Waals surface area contributed by atoms with Gasteiger partial charge in [0.1, 0.15) is 8.07 Å². The number of nitrogens with zero attached hydrogens (tertiary/aromatic N) is 2. The lowest BCUT2D eigenvalue weighted by molar-refractivity contribution is 1.19. The molecule has 1 heterocycles. The van der Waals surface area contributed by atoms with Gasteiger partial charge in [0.2, 0.25) is 0 Å². The molecule has 3 rings (SSSR count). The predicted octanol–water partition coefficient (Wildman–Crippen LogP) is 4.66. The molecule has 0 aliphatic rings. The first-order chi connectivity index (χ1) is 12.2. The zero-order valence-corrected chi connectivity index (χ0v) is 14.7. The van der Waals surface area contributed by atoms with Crippen LogP contribution in [-0.2, 0) is 0 Å². The van der Waals surface area contributed by atoms with Crippen LogP contribution in [0.4, 0.5) is 0 Å². The second-order valence-electron chi connectivity index (χ2n) is 6.64. The first-order valence-electron chi connectivity index (χ1n) is 9.20. The van der Waals surface area contributed by atoms with E-state index in [1.54, 1.807) is 18.3 Å². The number of aryl methyl sites for hydroxylation is 1. The molecular weight excluding hydrogens is 296 g/mol. The van der Waals surface area contributed by atoms with Crippen molar-refractivity contribution in [1.82, 2.24) is 9.97 Å². The number of hydrogen-bond acceptors (Lipinski definition) is 2. The highest BCUT2D eigenvalue weighted by atomic mass is 28.3. The summed E-state index contributed by atoms with van der Waals surface area (Å²) in [4.78, 5) is 9.17. The van der Waals surface area contributed by atoms with Gasteiger partial charge in [-0.15, -0.1) is 0 Å². The quantitative estimate of drug-likeness (QED) is 0.655. The van der Waals surface area contributed by atoms with Gasteiger partial charge >= 0.3 is 0 Å². The number of rotatable bonds is 3. The summed E-state index contributed by atoms with van der Waals surface area (Å²) in [5.41, 5.74) is 2.75. The SMILES string of the molecule is [2H]C([2H])([2H])c1ccc(-c2nccc([Si](C)(C)C)n2)cc1-c1ccccc1. The standard InChI is InChI=1S/C20H22N2Si/c1-15-10-11-17(14-18(15)16-8-6-5-7-9-16)20-21-13-12-19(22-20)23(2,3)4/h5-14H,1-4H3/i1D3. The van der Waals surface area contributed by atoms with Crippen molar-refractivity contribution in [2.75, 3.05) is 0 Å². The zero-order valence-electron chi connectivity index (χ0n) is 16.7. The maximum absolute atomic E-state index is 7.86. The fraction of sp³-hybridized carbons (Fsp3) is 0.200. The van der Waals surface area contributed by atoms with Gasteiger partial charge < -0.3 is 0 Å². The van der Waals surface area contributed by atoms with Gasteiger partial charge in [0.15, 0.2) is 5.82 Å². The zero-order chi connectivity index (χ0) is 18.9. The smallest absolute Gasteiger partial charge is 0.158 e. The largest absolute Gasteiger partial charge is 0.238 e. The fourth-order valence-electron chi connectivity index (χ4n) is 2.46. The van der Waals surface area contributed by atoms with Crippen LogP contribution >= 0.6 is 0 Å². The lowest BCUT2D eigenvalue weighted by Crippen LogP contribution is -2.40. The second kappa shape index (κ2) is 6.09. The number of benzene rings is 2. The van der Waals surface area contributed by atoms with Crippen LogP contribution in [0.15, 0.2) is 60.8 Å². The monoisotopic (exact) mass is 321 g/mol. The second-order valence-corrected chi connectivity index (χ2v) is 11.7. The van der Waals surface area contributed by atoms with E-state index in [1.807, 2.05) is 42.5 Å². The molecule has 2 nitrogen and oxygen atoms in total. The Morgan fingerprint density at radius 1 is 0.913 bits per heavy atom. The van der Waals surface area contributed by atoms with Crippen LogP contribution < -0.4 is 5.32 Å². The average Bonchev–Trinajstić information content (AvgIpc) is 2.60. The highest BCUT2D eigenvalue weighted by Crippen LogP contribution is 2.27. The minimum atomic E-state index is -2.18. The molecule has 0 fully saturated rings. The van der Waals surface area contributed by atoms with Crippen molar-refractivity contribution in [2.45, 2.75) is 26.5 Å². The normalized spacial score (nSPS) is 14.0. The average molecular weight is 322 g/mol. The Bertz CT molecular complexity index is 916. The predicted molar refractivity (Wildman–Crippen MR) is 101 cm³/mol. The molecule has 3 aromatic rings. The topological polar surface area (TPSA) is 25.8 Å². The maximum Gasteiger partial charge on any atom is 0.158 e. The summed E-state index contributed by atoms with van der Waals surface area (Å²) < 4.78 is 23.6. The molecule has 1 aromatic heterocycles. The highest BCUT2D eigenvalue weighted by molar-refractivity contribution is 6.88. The fourth-order valence-corrected chi connectivity index (χ4v) is 3.47. The van der Waals surface area contributed by atoms with Gasteiger partial charge in [-0.25, -0.2) is 9.97 Å². The molecule has 3 heteroatoms. The van der Waals surface area contributed by atoms with Crippen molar-refractivity contribution < 1.29 is 4.11 Å². The highest BCUT2D eigenvalue weighted by Gasteiger charge is 2.19. The summed E-state index contributed by atoms with van der Waals surface area (Å²) in [6.07, 6.45) is 1.79. The van der Waals surface area contributed by atoms with Crippen molar-refractivity contribution in [2.24, 2.45) is 0 Å². The van der Waals surface area contributed by atoms with Crippen LogP contribution in [0.3, 0.4) is 0 Å². The van der Waals surface area contributed by atoms with E-state index >= 15 is 0 Å². The number of hydrogen-bond donors (Lipinski definition) is 0. The lowest BCUT2D eigenvalue weighted by atomic mass is 9.98. The van der Waals surface area contributed by atoms with E-state index in [9.17, 15) is 0 Å². The molecule has 0 aliphatic carbocycles. The summed E-state index contributed by atoms with van der Waals surface area (Å²) in [6, 6.07) is 16.9. The molecule has 0 aliphatic heterocycles. The third-order valence-electron chi connectivity index (χ3n) is 3.79. The van der Waals surface area contributed by atoms with E-state index in [-0.39, 0.29) is 0 Å². The molecule has 0 atom stereocenters. The van der Waals surface area contributed by atoms with Crippen molar-refractivity contribution in [1.29, 1.82) is 0 Å². The van der Waals surface area contributed by atoms with Crippen molar-refractivity contribution in [3.05, 3.63) is 66.4 Å². The molecule has 0 saturated carbocycles. The molecule has 0 bridgehead atoms. The van der Waals surface area contributed by atoms with Gasteiger partial charge in [0, 0.05) is 21.2 Å². The first kappa shape index (κ1) is 12.2. The van der Waals surface area contributed by atoms with Crippen LogP contribution in [0.5, 0.6) is 0 Å². The van der Waals surface area contributed by atoms with Crippen LogP contribution in [-0.4, -0.2) is 18.0 Å². The maximum atomic E-state index is 7.86. The van der Waals surface area contributed by atoms with Crippen molar-refractivity contribution in [3.63, 3.8) is 0 Å². The summed E-state index contributed by atoms with van der Waals surface area (Å²) >= 11 is 0. The van der Waals surface area contributed by atoms with Gasteiger partial charge in [0.25, 0.3) is 0 Å². The summed E-state index contributed by atoms with van der Waals surface area (Å²) in [5, 5.41) is 1.09. The van der Waals surface area contributed by atoms with Crippen LogP contribution in [0, 0.1) is 6.85 Å². The van der Waals surface area contributed by atoms with Gasteiger partial charge in [-0.2, -0.15) is 0 Å². The van der Waals surface area contributed by atoms with E-state index in [2.05, 4.69) is 24.6 Å². The number of aromatic nitrogens is 2. The lowest BCUT2D eigenvalue weighted by Gasteiger charge is -2.16. The summed E-state index contributed by atoms with van der Waals surface area (Å²) in [7, 11) is -1.56. The minimum absolute atomic E-state index is 0.341. The van der Waals surface area contributed by atoms with E-state index in [0.717, 1.165) is 16.4 Å². The molecule has 0 unspecified atom stereocenters. The first-order valence-corrected chi connectivity index (χ1v) is 11.2.